The molecule has 1 aliphatic heterocycles. The predicted octanol–water partition coefficient (Wildman–Crippen LogP) is 2.09. The van der Waals surface area contributed by atoms with Gasteiger partial charge in [0.1, 0.15) is 11.4 Å². The van der Waals surface area contributed by atoms with E-state index in [9.17, 15) is 4.79 Å². The summed E-state index contributed by atoms with van der Waals surface area (Å²) in [5, 5.41) is 7.86. The lowest BCUT2D eigenvalue weighted by atomic mass is 10.1. The summed E-state index contributed by atoms with van der Waals surface area (Å²) in [7, 11) is 3.44. The molecule has 1 aliphatic rings. The molecule has 6 nitrogen and oxygen atoms in total. The van der Waals surface area contributed by atoms with Crippen LogP contribution >= 0.6 is 0 Å². The van der Waals surface area contributed by atoms with Crippen molar-refractivity contribution in [3.8, 4) is 5.75 Å². The zero-order valence-electron chi connectivity index (χ0n) is 14.2. The molecule has 6 heteroatoms. The lowest BCUT2D eigenvalue weighted by molar-refractivity contribution is 0.0778. The highest BCUT2D eigenvalue weighted by Crippen LogP contribution is 2.17. The number of carbonyl (C=O) groups excluding carboxylic acids is 1. The maximum Gasteiger partial charge on any atom is 0.274 e. The molecule has 1 unspecified atom stereocenters. The van der Waals surface area contributed by atoms with Crippen LogP contribution in [0.5, 0.6) is 5.75 Å². The van der Waals surface area contributed by atoms with Crippen LogP contribution in [0, 0.1) is 0 Å². The number of nitrogens with one attached hydrogen (secondary N) is 1. The van der Waals surface area contributed by atoms with E-state index in [4.69, 9.17) is 4.74 Å². The number of nitrogens with zero attached hydrogens (tertiary/aromatic N) is 3. The fourth-order valence-electron chi connectivity index (χ4n) is 2.99. The molecule has 0 saturated carbocycles. The number of hydrogen-bond donors (Lipinski definition) is 1. The van der Waals surface area contributed by atoms with Crippen LogP contribution in [0.3, 0.4) is 0 Å². The van der Waals surface area contributed by atoms with E-state index in [2.05, 4.69) is 10.4 Å². The Morgan fingerprint density at radius 3 is 2.83 bits per heavy atom. The summed E-state index contributed by atoms with van der Waals surface area (Å²) in [6.07, 6.45) is 4.15. The molecular weight excluding hydrogens is 304 g/mol. The number of ether oxygens (including phenoxy) is 1. The molecule has 0 radical (unpaired) electrons. The Kier molecular flexibility index (Phi) is 5.15. The van der Waals surface area contributed by atoms with Crippen LogP contribution in [-0.4, -0.2) is 47.8 Å². The smallest absolute Gasteiger partial charge is 0.274 e. The van der Waals surface area contributed by atoms with Gasteiger partial charge in [-0.05, 0) is 43.1 Å². The summed E-state index contributed by atoms with van der Waals surface area (Å²) in [5.74, 6) is 0.751. The van der Waals surface area contributed by atoms with Crippen LogP contribution in [0.4, 0.5) is 0 Å². The van der Waals surface area contributed by atoms with E-state index in [1.807, 2.05) is 41.2 Å². The molecule has 1 aromatic heterocycles. The summed E-state index contributed by atoms with van der Waals surface area (Å²) in [4.78, 5) is 14.3. The average molecular weight is 328 g/mol. The van der Waals surface area contributed by atoms with Gasteiger partial charge in [-0.3, -0.25) is 9.48 Å². The van der Waals surface area contributed by atoms with Crippen molar-refractivity contribution in [2.45, 2.75) is 25.4 Å². The Labute approximate surface area is 142 Å². The third-order valence-electron chi connectivity index (χ3n) is 4.40. The second kappa shape index (κ2) is 7.49. The van der Waals surface area contributed by atoms with Gasteiger partial charge in [-0.1, -0.05) is 12.1 Å². The molecule has 1 amide bonds. The second-order valence-electron chi connectivity index (χ2n) is 6.19. The SMILES string of the molecule is COc1ccc(CN(C)C(=O)c2ccn(C3CCCNC3)n2)cc1. The maximum absolute atomic E-state index is 12.6. The van der Waals surface area contributed by atoms with E-state index >= 15 is 0 Å². The van der Waals surface area contributed by atoms with E-state index in [-0.39, 0.29) is 5.91 Å². The molecule has 1 saturated heterocycles. The topological polar surface area (TPSA) is 59.4 Å². The normalized spacial score (nSPS) is 17.5. The van der Waals surface area contributed by atoms with E-state index in [0.29, 0.717) is 18.3 Å². The summed E-state index contributed by atoms with van der Waals surface area (Å²) in [6.45, 7) is 2.52. The summed E-state index contributed by atoms with van der Waals surface area (Å²) in [5.41, 5.74) is 1.55. The van der Waals surface area contributed by atoms with Crippen molar-refractivity contribution >= 4 is 5.91 Å². The first-order valence-corrected chi connectivity index (χ1v) is 8.31. The fraction of sp³-hybridized carbons (Fsp3) is 0.444. The number of benzene rings is 1. The van der Waals surface area contributed by atoms with Crippen LogP contribution in [0.25, 0.3) is 0 Å². The number of piperidine rings is 1. The van der Waals surface area contributed by atoms with Crippen molar-refractivity contribution in [3.63, 3.8) is 0 Å². The van der Waals surface area contributed by atoms with Gasteiger partial charge in [0.05, 0.1) is 13.2 Å². The lowest BCUT2D eigenvalue weighted by Gasteiger charge is -2.23. The zero-order valence-corrected chi connectivity index (χ0v) is 14.2. The summed E-state index contributed by atoms with van der Waals surface area (Å²) < 4.78 is 7.07. The molecule has 0 spiro atoms. The molecule has 3 rings (SSSR count). The Balaban J connectivity index is 1.63. The first kappa shape index (κ1) is 16.5. The minimum absolute atomic E-state index is 0.0617. The number of hydrogen-bond acceptors (Lipinski definition) is 4. The predicted molar refractivity (Wildman–Crippen MR) is 92.2 cm³/mol. The van der Waals surface area contributed by atoms with Crippen LogP contribution in [0.1, 0.15) is 34.9 Å². The monoisotopic (exact) mass is 328 g/mol. The number of amides is 1. The van der Waals surface area contributed by atoms with Crippen molar-refractivity contribution < 1.29 is 9.53 Å². The van der Waals surface area contributed by atoms with Gasteiger partial charge in [0.2, 0.25) is 0 Å². The first-order valence-electron chi connectivity index (χ1n) is 8.31. The molecule has 1 atom stereocenters. The average Bonchev–Trinajstić information content (AvgIpc) is 3.12. The first-order chi connectivity index (χ1) is 11.7. The Bertz CT molecular complexity index is 675. The van der Waals surface area contributed by atoms with Gasteiger partial charge in [-0.2, -0.15) is 5.10 Å². The third kappa shape index (κ3) is 3.76. The molecule has 2 heterocycles. The zero-order chi connectivity index (χ0) is 16.9. The van der Waals surface area contributed by atoms with E-state index in [1.165, 1.54) is 0 Å². The highest BCUT2D eigenvalue weighted by atomic mass is 16.5. The highest BCUT2D eigenvalue weighted by Gasteiger charge is 2.19. The highest BCUT2D eigenvalue weighted by molar-refractivity contribution is 5.91. The molecule has 128 valence electrons. The summed E-state index contributed by atoms with van der Waals surface area (Å²) >= 11 is 0. The number of methoxy groups -OCH3 is 1. The molecule has 1 aromatic carbocycles. The van der Waals surface area contributed by atoms with Crippen LogP contribution in [0.15, 0.2) is 36.5 Å². The van der Waals surface area contributed by atoms with Crippen molar-refractivity contribution in [2.24, 2.45) is 0 Å². The Morgan fingerprint density at radius 2 is 2.17 bits per heavy atom. The Morgan fingerprint density at radius 1 is 1.38 bits per heavy atom. The quantitative estimate of drug-likeness (QED) is 0.913. The standard InChI is InChI=1S/C18H24N4O2/c1-21(13-14-5-7-16(24-2)8-6-14)18(23)17-9-11-22(20-17)15-4-3-10-19-12-15/h5-9,11,15,19H,3-4,10,12-13H2,1-2H3. The van der Waals surface area contributed by atoms with Crippen molar-refractivity contribution in [1.82, 2.24) is 20.0 Å². The van der Waals surface area contributed by atoms with Gasteiger partial charge in [0.25, 0.3) is 5.91 Å². The molecule has 24 heavy (non-hydrogen) atoms. The summed E-state index contributed by atoms with van der Waals surface area (Å²) in [6, 6.07) is 9.88. The van der Waals surface area contributed by atoms with Crippen LogP contribution in [0.2, 0.25) is 0 Å². The van der Waals surface area contributed by atoms with Gasteiger partial charge >= 0.3 is 0 Å². The minimum Gasteiger partial charge on any atom is -0.497 e. The molecule has 2 aromatic rings. The fourth-order valence-corrected chi connectivity index (χ4v) is 2.99. The molecular formula is C18H24N4O2. The number of rotatable bonds is 5. The lowest BCUT2D eigenvalue weighted by Crippen LogP contribution is -2.32. The van der Waals surface area contributed by atoms with Gasteiger partial charge < -0.3 is 15.0 Å². The molecule has 0 aliphatic carbocycles. The van der Waals surface area contributed by atoms with Crippen molar-refractivity contribution in [3.05, 3.63) is 47.8 Å². The largest absolute Gasteiger partial charge is 0.497 e. The van der Waals surface area contributed by atoms with Crippen LogP contribution < -0.4 is 10.1 Å². The van der Waals surface area contributed by atoms with Crippen LogP contribution in [-0.2, 0) is 6.54 Å². The minimum atomic E-state index is -0.0617. The molecule has 1 fully saturated rings. The maximum atomic E-state index is 12.6. The third-order valence-corrected chi connectivity index (χ3v) is 4.40. The number of carbonyl (C=O) groups is 1. The van der Waals surface area contributed by atoms with E-state index in [0.717, 1.165) is 37.2 Å². The van der Waals surface area contributed by atoms with Gasteiger partial charge in [-0.25, -0.2) is 0 Å². The van der Waals surface area contributed by atoms with Gasteiger partial charge in [0, 0.05) is 26.3 Å². The Hall–Kier alpha value is -2.34. The second-order valence-corrected chi connectivity index (χ2v) is 6.19. The molecule has 0 bridgehead atoms. The van der Waals surface area contributed by atoms with E-state index < -0.39 is 0 Å². The number of aromatic nitrogens is 2. The molecule has 1 N–H and O–H groups in total. The van der Waals surface area contributed by atoms with Crippen molar-refractivity contribution in [2.75, 3.05) is 27.2 Å². The van der Waals surface area contributed by atoms with Crippen molar-refractivity contribution in [1.29, 1.82) is 0 Å². The van der Waals surface area contributed by atoms with Gasteiger partial charge in [-0.15, -0.1) is 0 Å². The van der Waals surface area contributed by atoms with E-state index in [1.54, 1.807) is 19.1 Å². The van der Waals surface area contributed by atoms with Gasteiger partial charge in [0.15, 0.2) is 0 Å².